The van der Waals surface area contributed by atoms with Crippen LogP contribution in [-0.4, -0.2) is 58.3 Å². The third kappa shape index (κ3) is 5.95. The summed E-state index contributed by atoms with van der Waals surface area (Å²) in [6.07, 6.45) is 8.18. The number of carbonyl (C=O) groups is 1. The summed E-state index contributed by atoms with van der Waals surface area (Å²) in [5.74, 6) is 1.56. The van der Waals surface area contributed by atoms with Gasteiger partial charge in [0, 0.05) is 12.6 Å². The first-order valence-electron chi connectivity index (χ1n) is 9.16. The van der Waals surface area contributed by atoms with Crippen molar-refractivity contribution in [3.05, 3.63) is 23.8 Å². The number of benzene rings is 1. The van der Waals surface area contributed by atoms with Gasteiger partial charge in [-0.1, -0.05) is 6.42 Å². The number of nitrogens with zero attached hydrogens (tertiary/aromatic N) is 1. The molecule has 1 heterocycles. The van der Waals surface area contributed by atoms with Crippen molar-refractivity contribution in [2.45, 2.75) is 25.7 Å². The first-order valence-corrected chi connectivity index (χ1v) is 9.16. The molecule has 1 amide bonds. The lowest BCUT2D eigenvalue weighted by atomic mass is 10.1. The van der Waals surface area contributed by atoms with Crippen LogP contribution in [0.5, 0.6) is 17.2 Å². The predicted octanol–water partition coefficient (Wildman–Crippen LogP) is 2.72. The number of amides is 1. The number of carbonyl (C=O) groups excluding carboxylic acids is 1. The maximum absolute atomic E-state index is 12.0. The van der Waals surface area contributed by atoms with Gasteiger partial charge in [0.2, 0.25) is 11.7 Å². The summed E-state index contributed by atoms with van der Waals surface area (Å²) < 4.78 is 15.9. The van der Waals surface area contributed by atoms with Gasteiger partial charge in [-0.2, -0.15) is 0 Å². The molecule has 6 nitrogen and oxygen atoms in total. The summed E-state index contributed by atoms with van der Waals surface area (Å²) in [5, 5.41) is 2.93. The van der Waals surface area contributed by atoms with Crippen LogP contribution in [0.1, 0.15) is 31.2 Å². The van der Waals surface area contributed by atoms with Gasteiger partial charge >= 0.3 is 0 Å². The van der Waals surface area contributed by atoms with E-state index in [4.69, 9.17) is 14.2 Å². The Kier molecular flexibility index (Phi) is 8.28. The van der Waals surface area contributed by atoms with E-state index in [0.29, 0.717) is 23.8 Å². The Morgan fingerprint density at radius 1 is 1.08 bits per heavy atom. The molecule has 1 saturated heterocycles. The molecule has 1 aliphatic heterocycles. The van der Waals surface area contributed by atoms with Crippen LogP contribution in [0.25, 0.3) is 6.08 Å². The van der Waals surface area contributed by atoms with Gasteiger partial charge in [0.15, 0.2) is 11.5 Å². The SMILES string of the molecule is COc1cc(/C=C/C(=O)NCCCN2CCCCC2)cc(OC)c1OC. The van der Waals surface area contributed by atoms with Gasteiger partial charge in [0.1, 0.15) is 0 Å². The molecule has 0 saturated carbocycles. The number of piperidine rings is 1. The number of nitrogens with one attached hydrogen (secondary N) is 1. The monoisotopic (exact) mass is 362 g/mol. The summed E-state index contributed by atoms with van der Waals surface area (Å²) in [6.45, 7) is 4.12. The maximum Gasteiger partial charge on any atom is 0.243 e. The highest BCUT2D eigenvalue weighted by molar-refractivity contribution is 5.91. The van der Waals surface area contributed by atoms with Gasteiger partial charge in [-0.25, -0.2) is 0 Å². The fraction of sp³-hybridized carbons (Fsp3) is 0.550. The Morgan fingerprint density at radius 2 is 1.73 bits per heavy atom. The lowest BCUT2D eigenvalue weighted by Crippen LogP contribution is -2.33. The fourth-order valence-corrected chi connectivity index (χ4v) is 3.13. The third-order valence-corrected chi connectivity index (χ3v) is 4.51. The topological polar surface area (TPSA) is 60.0 Å². The Bertz CT molecular complexity index is 585. The van der Waals surface area contributed by atoms with Crippen molar-refractivity contribution < 1.29 is 19.0 Å². The van der Waals surface area contributed by atoms with E-state index < -0.39 is 0 Å². The summed E-state index contributed by atoms with van der Waals surface area (Å²) in [5.41, 5.74) is 0.808. The normalized spacial score (nSPS) is 15.0. The van der Waals surface area contributed by atoms with E-state index in [0.717, 1.165) is 18.5 Å². The van der Waals surface area contributed by atoms with Gasteiger partial charge in [-0.15, -0.1) is 0 Å². The van der Waals surface area contributed by atoms with E-state index in [1.807, 2.05) is 12.1 Å². The molecule has 1 aromatic rings. The Hall–Kier alpha value is -2.21. The van der Waals surface area contributed by atoms with Gasteiger partial charge < -0.3 is 24.4 Å². The number of rotatable bonds is 9. The standard InChI is InChI=1S/C20H30N2O4/c1-24-17-14-16(15-18(25-2)20(17)26-3)8-9-19(23)21-10-7-13-22-11-5-4-6-12-22/h8-9,14-15H,4-7,10-13H2,1-3H3,(H,21,23)/b9-8+. The van der Waals surface area contributed by atoms with Crippen LogP contribution < -0.4 is 19.5 Å². The van der Waals surface area contributed by atoms with Gasteiger partial charge in [0.25, 0.3) is 0 Å². The second kappa shape index (κ2) is 10.7. The zero-order chi connectivity index (χ0) is 18.8. The van der Waals surface area contributed by atoms with E-state index in [-0.39, 0.29) is 5.91 Å². The number of methoxy groups -OCH3 is 3. The second-order valence-corrected chi connectivity index (χ2v) is 6.34. The number of hydrogen-bond donors (Lipinski definition) is 1. The van der Waals surface area contributed by atoms with Gasteiger partial charge in [-0.3, -0.25) is 4.79 Å². The van der Waals surface area contributed by atoms with Gasteiger partial charge in [-0.05, 0) is 62.7 Å². The number of ether oxygens (including phenoxy) is 3. The number of hydrogen-bond acceptors (Lipinski definition) is 5. The quantitative estimate of drug-likeness (QED) is 0.541. The molecule has 1 aromatic carbocycles. The summed E-state index contributed by atoms with van der Waals surface area (Å²) in [7, 11) is 4.70. The molecule has 26 heavy (non-hydrogen) atoms. The summed E-state index contributed by atoms with van der Waals surface area (Å²) >= 11 is 0. The first-order chi connectivity index (χ1) is 12.7. The van der Waals surface area contributed by atoms with Crippen molar-refractivity contribution in [2.24, 2.45) is 0 Å². The Labute approximate surface area is 156 Å². The minimum Gasteiger partial charge on any atom is -0.493 e. The van der Waals surface area contributed by atoms with E-state index in [1.54, 1.807) is 27.4 Å². The highest BCUT2D eigenvalue weighted by Crippen LogP contribution is 2.38. The van der Waals surface area contributed by atoms with E-state index in [1.165, 1.54) is 38.4 Å². The molecule has 1 aliphatic rings. The van der Waals surface area contributed by atoms with E-state index in [9.17, 15) is 4.79 Å². The maximum atomic E-state index is 12.0. The van der Waals surface area contributed by atoms with Crippen molar-refractivity contribution in [1.29, 1.82) is 0 Å². The van der Waals surface area contributed by atoms with Crippen LogP contribution in [0.4, 0.5) is 0 Å². The van der Waals surface area contributed by atoms with Crippen molar-refractivity contribution >= 4 is 12.0 Å². The molecule has 0 bridgehead atoms. The molecular formula is C20H30N2O4. The van der Waals surface area contributed by atoms with Crippen LogP contribution >= 0.6 is 0 Å². The average molecular weight is 362 g/mol. The minimum absolute atomic E-state index is 0.0996. The van der Waals surface area contributed by atoms with E-state index in [2.05, 4.69) is 10.2 Å². The van der Waals surface area contributed by atoms with Crippen LogP contribution in [0.15, 0.2) is 18.2 Å². The molecule has 0 aromatic heterocycles. The highest BCUT2D eigenvalue weighted by Gasteiger charge is 2.12. The van der Waals surface area contributed by atoms with Crippen LogP contribution in [0.3, 0.4) is 0 Å². The molecule has 0 aliphatic carbocycles. The lowest BCUT2D eigenvalue weighted by Gasteiger charge is -2.26. The molecule has 6 heteroatoms. The fourth-order valence-electron chi connectivity index (χ4n) is 3.13. The van der Waals surface area contributed by atoms with Crippen LogP contribution in [0.2, 0.25) is 0 Å². The molecule has 1 N–H and O–H groups in total. The zero-order valence-electron chi connectivity index (χ0n) is 16.0. The van der Waals surface area contributed by atoms with Crippen LogP contribution in [0, 0.1) is 0 Å². The highest BCUT2D eigenvalue weighted by atomic mass is 16.5. The van der Waals surface area contributed by atoms with Crippen molar-refractivity contribution in [3.63, 3.8) is 0 Å². The third-order valence-electron chi connectivity index (χ3n) is 4.51. The largest absolute Gasteiger partial charge is 0.493 e. The predicted molar refractivity (Wildman–Crippen MR) is 103 cm³/mol. The molecule has 0 unspecified atom stereocenters. The van der Waals surface area contributed by atoms with Crippen molar-refractivity contribution in [2.75, 3.05) is 47.5 Å². The number of likely N-dealkylation sites (tertiary alicyclic amines) is 1. The minimum atomic E-state index is -0.0996. The smallest absolute Gasteiger partial charge is 0.243 e. The molecular weight excluding hydrogens is 332 g/mol. The molecule has 2 rings (SSSR count). The van der Waals surface area contributed by atoms with Crippen molar-refractivity contribution in [3.8, 4) is 17.2 Å². The summed E-state index contributed by atoms with van der Waals surface area (Å²) in [6, 6.07) is 3.61. The molecule has 0 atom stereocenters. The van der Waals surface area contributed by atoms with Crippen molar-refractivity contribution in [1.82, 2.24) is 10.2 Å². The van der Waals surface area contributed by atoms with Gasteiger partial charge in [0.05, 0.1) is 21.3 Å². The summed E-state index contributed by atoms with van der Waals surface area (Å²) in [4.78, 5) is 14.5. The lowest BCUT2D eigenvalue weighted by molar-refractivity contribution is -0.116. The molecule has 1 fully saturated rings. The molecule has 144 valence electrons. The van der Waals surface area contributed by atoms with E-state index >= 15 is 0 Å². The zero-order valence-corrected chi connectivity index (χ0v) is 16.0. The molecule has 0 spiro atoms. The Morgan fingerprint density at radius 3 is 2.31 bits per heavy atom. The first kappa shape index (κ1) is 20.1. The second-order valence-electron chi connectivity index (χ2n) is 6.34. The molecule has 0 radical (unpaired) electrons. The van der Waals surface area contributed by atoms with Crippen LogP contribution in [-0.2, 0) is 4.79 Å². The Balaban J connectivity index is 1.83. The average Bonchev–Trinajstić information content (AvgIpc) is 2.69.